The van der Waals surface area contributed by atoms with Gasteiger partial charge in [-0.05, 0) is 56.9 Å². The summed E-state index contributed by atoms with van der Waals surface area (Å²) in [6.07, 6.45) is 3.24. The maximum atomic E-state index is 12.4. The first kappa shape index (κ1) is 14.4. The Morgan fingerprint density at radius 1 is 1.33 bits per heavy atom. The first-order chi connectivity index (χ1) is 10.2. The summed E-state index contributed by atoms with van der Waals surface area (Å²) < 4.78 is 0. The van der Waals surface area contributed by atoms with Crippen molar-refractivity contribution in [2.45, 2.75) is 19.3 Å². The molecular formula is C17H25N3O. The molecule has 21 heavy (non-hydrogen) atoms. The predicted molar refractivity (Wildman–Crippen MR) is 85.4 cm³/mol. The monoisotopic (exact) mass is 287 g/mol. The number of hydrogen-bond acceptors (Lipinski definition) is 3. The number of benzene rings is 1. The second kappa shape index (κ2) is 6.48. The Bertz CT molecular complexity index is 495. The molecule has 4 heteroatoms. The number of anilines is 1. The molecular weight excluding hydrogens is 262 g/mol. The van der Waals surface area contributed by atoms with Crippen LogP contribution in [0.25, 0.3) is 0 Å². The number of nitrogens with one attached hydrogen (secondary N) is 2. The number of likely N-dealkylation sites (tertiary alicyclic amines) is 1. The van der Waals surface area contributed by atoms with Crippen LogP contribution in [0, 0.1) is 11.8 Å². The highest BCUT2D eigenvalue weighted by Gasteiger charge is 2.25. The SMILES string of the molecule is CN1CCC(CNC(=O)C2CNc3ccccc3C2)CC1. The first-order valence-corrected chi connectivity index (χ1v) is 8.00. The summed E-state index contributed by atoms with van der Waals surface area (Å²) in [5.41, 5.74) is 2.43. The van der Waals surface area contributed by atoms with Gasteiger partial charge in [0, 0.05) is 18.8 Å². The van der Waals surface area contributed by atoms with Gasteiger partial charge in [0.25, 0.3) is 0 Å². The zero-order valence-electron chi connectivity index (χ0n) is 12.8. The van der Waals surface area contributed by atoms with Gasteiger partial charge in [0.15, 0.2) is 0 Å². The zero-order chi connectivity index (χ0) is 14.7. The van der Waals surface area contributed by atoms with Crippen molar-refractivity contribution >= 4 is 11.6 Å². The van der Waals surface area contributed by atoms with E-state index in [1.54, 1.807) is 0 Å². The fourth-order valence-electron chi connectivity index (χ4n) is 3.28. The Morgan fingerprint density at radius 2 is 2.10 bits per heavy atom. The molecule has 1 unspecified atom stereocenters. The van der Waals surface area contributed by atoms with Crippen LogP contribution in [-0.4, -0.2) is 44.0 Å². The van der Waals surface area contributed by atoms with Gasteiger partial charge in [-0.1, -0.05) is 18.2 Å². The molecule has 0 bridgehead atoms. The molecule has 2 aliphatic heterocycles. The number of carbonyl (C=O) groups excluding carboxylic acids is 1. The minimum absolute atomic E-state index is 0.0613. The predicted octanol–water partition coefficient (Wildman–Crippen LogP) is 1.73. The topological polar surface area (TPSA) is 44.4 Å². The number of para-hydroxylation sites is 1. The summed E-state index contributed by atoms with van der Waals surface area (Å²) in [6, 6.07) is 8.27. The third-order valence-corrected chi connectivity index (χ3v) is 4.80. The normalized spacial score (nSPS) is 23.2. The van der Waals surface area contributed by atoms with Crippen LogP contribution in [0.15, 0.2) is 24.3 Å². The smallest absolute Gasteiger partial charge is 0.225 e. The molecule has 1 saturated heterocycles. The van der Waals surface area contributed by atoms with E-state index in [4.69, 9.17) is 0 Å². The van der Waals surface area contributed by atoms with Crippen molar-refractivity contribution in [1.29, 1.82) is 0 Å². The molecule has 2 heterocycles. The maximum Gasteiger partial charge on any atom is 0.225 e. The lowest BCUT2D eigenvalue weighted by molar-refractivity contribution is -0.124. The quantitative estimate of drug-likeness (QED) is 0.890. The Morgan fingerprint density at radius 3 is 2.90 bits per heavy atom. The van der Waals surface area contributed by atoms with Crippen LogP contribution >= 0.6 is 0 Å². The van der Waals surface area contributed by atoms with Crippen molar-refractivity contribution in [2.75, 3.05) is 38.5 Å². The molecule has 0 aromatic heterocycles. The lowest BCUT2D eigenvalue weighted by atomic mass is 9.92. The number of fused-ring (bicyclic) bond motifs is 1. The van der Waals surface area contributed by atoms with Crippen molar-refractivity contribution in [1.82, 2.24) is 10.2 Å². The average Bonchev–Trinajstić information content (AvgIpc) is 2.53. The second-order valence-electron chi connectivity index (χ2n) is 6.43. The highest BCUT2D eigenvalue weighted by atomic mass is 16.1. The van der Waals surface area contributed by atoms with E-state index >= 15 is 0 Å². The third-order valence-electron chi connectivity index (χ3n) is 4.80. The highest BCUT2D eigenvalue weighted by Crippen LogP contribution is 2.24. The van der Waals surface area contributed by atoms with E-state index in [0.29, 0.717) is 5.92 Å². The Labute approximate surface area is 126 Å². The third kappa shape index (κ3) is 3.56. The average molecular weight is 287 g/mol. The van der Waals surface area contributed by atoms with Crippen molar-refractivity contribution in [3.05, 3.63) is 29.8 Å². The minimum atomic E-state index is 0.0613. The highest BCUT2D eigenvalue weighted by molar-refractivity contribution is 5.80. The van der Waals surface area contributed by atoms with Crippen LogP contribution in [0.2, 0.25) is 0 Å². The number of amides is 1. The molecule has 1 aromatic carbocycles. The van der Waals surface area contributed by atoms with E-state index < -0.39 is 0 Å². The van der Waals surface area contributed by atoms with Crippen LogP contribution in [-0.2, 0) is 11.2 Å². The lowest BCUT2D eigenvalue weighted by Crippen LogP contribution is -2.42. The van der Waals surface area contributed by atoms with E-state index in [2.05, 4.69) is 34.7 Å². The number of piperidine rings is 1. The maximum absolute atomic E-state index is 12.4. The molecule has 2 N–H and O–H groups in total. The molecule has 4 nitrogen and oxygen atoms in total. The summed E-state index contributed by atoms with van der Waals surface area (Å²) in [4.78, 5) is 14.7. The van der Waals surface area contributed by atoms with Crippen LogP contribution < -0.4 is 10.6 Å². The van der Waals surface area contributed by atoms with Crippen molar-refractivity contribution in [2.24, 2.45) is 11.8 Å². The number of hydrogen-bond donors (Lipinski definition) is 2. The van der Waals surface area contributed by atoms with E-state index in [-0.39, 0.29) is 11.8 Å². The van der Waals surface area contributed by atoms with Gasteiger partial charge in [-0.3, -0.25) is 4.79 Å². The van der Waals surface area contributed by atoms with Crippen LogP contribution in [0.3, 0.4) is 0 Å². The van der Waals surface area contributed by atoms with Gasteiger partial charge < -0.3 is 15.5 Å². The fraction of sp³-hybridized carbons (Fsp3) is 0.588. The molecule has 1 amide bonds. The van der Waals surface area contributed by atoms with Gasteiger partial charge >= 0.3 is 0 Å². The first-order valence-electron chi connectivity index (χ1n) is 8.00. The molecule has 0 spiro atoms. The molecule has 3 rings (SSSR count). The molecule has 0 saturated carbocycles. The van der Waals surface area contributed by atoms with E-state index in [0.717, 1.165) is 32.6 Å². The van der Waals surface area contributed by atoms with Crippen LogP contribution in [0.1, 0.15) is 18.4 Å². The Hall–Kier alpha value is -1.55. The van der Waals surface area contributed by atoms with Gasteiger partial charge in [-0.25, -0.2) is 0 Å². The van der Waals surface area contributed by atoms with Crippen LogP contribution in [0.5, 0.6) is 0 Å². The summed E-state index contributed by atoms with van der Waals surface area (Å²) in [7, 11) is 2.17. The molecule has 2 aliphatic rings. The van der Waals surface area contributed by atoms with Gasteiger partial charge in [-0.2, -0.15) is 0 Å². The number of rotatable bonds is 3. The van der Waals surface area contributed by atoms with Gasteiger partial charge in [0.2, 0.25) is 5.91 Å². The molecule has 1 atom stereocenters. The summed E-state index contributed by atoms with van der Waals surface area (Å²) in [5.74, 6) is 0.913. The number of nitrogens with zero attached hydrogens (tertiary/aromatic N) is 1. The molecule has 0 aliphatic carbocycles. The standard InChI is InChI=1S/C17H25N3O/c1-20-8-6-13(7-9-20)11-19-17(21)15-10-14-4-2-3-5-16(14)18-12-15/h2-5,13,15,18H,6-12H2,1H3,(H,19,21). The fourth-order valence-corrected chi connectivity index (χ4v) is 3.28. The van der Waals surface area contributed by atoms with Gasteiger partial charge in [0.05, 0.1) is 5.92 Å². The zero-order valence-corrected chi connectivity index (χ0v) is 12.8. The molecule has 1 fully saturated rings. The van der Waals surface area contributed by atoms with Crippen molar-refractivity contribution in [3.8, 4) is 0 Å². The van der Waals surface area contributed by atoms with E-state index in [1.165, 1.54) is 24.1 Å². The Balaban J connectivity index is 1.48. The van der Waals surface area contributed by atoms with Crippen molar-refractivity contribution < 1.29 is 4.79 Å². The van der Waals surface area contributed by atoms with Crippen molar-refractivity contribution in [3.63, 3.8) is 0 Å². The molecule has 0 radical (unpaired) electrons. The van der Waals surface area contributed by atoms with Gasteiger partial charge in [-0.15, -0.1) is 0 Å². The second-order valence-corrected chi connectivity index (χ2v) is 6.43. The Kier molecular flexibility index (Phi) is 4.44. The summed E-state index contributed by atoms with van der Waals surface area (Å²) in [6.45, 7) is 3.89. The molecule has 1 aromatic rings. The number of carbonyl (C=O) groups is 1. The van der Waals surface area contributed by atoms with E-state index in [1.807, 2.05) is 12.1 Å². The summed E-state index contributed by atoms with van der Waals surface area (Å²) >= 11 is 0. The van der Waals surface area contributed by atoms with Gasteiger partial charge in [0.1, 0.15) is 0 Å². The van der Waals surface area contributed by atoms with E-state index in [9.17, 15) is 4.79 Å². The molecule has 114 valence electrons. The lowest BCUT2D eigenvalue weighted by Gasteiger charge is -2.30. The largest absolute Gasteiger partial charge is 0.384 e. The summed E-state index contributed by atoms with van der Waals surface area (Å²) in [5, 5.41) is 6.54. The minimum Gasteiger partial charge on any atom is -0.384 e. The van der Waals surface area contributed by atoms with Crippen LogP contribution in [0.4, 0.5) is 5.69 Å².